The zero-order chi connectivity index (χ0) is 22.6. The van der Waals surface area contributed by atoms with Gasteiger partial charge < -0.3 is 10.0 Å². The Morgan fingerprint density at radius 1 is 0.879 bits per heavy atom. The van der Waals surface area contributed by atoms with Crippen LogP contribution < -0.4 is 0 Å². The molecule has 1 unspecified atom stereocenters. The average Bonchev–Trinajstić information content (AvgIpc) is 3.05. The SMILES string of the molecule is O=C(c1nn(-c2ccccc2)c2c1CCCCC2)N1CCN(CC(O)c2ccccc2)CC1. The zero-order valence-corrected chi connectivity index (χ0v) is 19.1. The summed E-state index contributed by atoms with van der Waals surface area (Å²) in [4.78, 5) is 17.7. The minimum atomic E-state index is -0.509. The predicted molar refractivity (Wildman–Crippen MR) is 129 cm³/mol. The van der Waals surface area contributed by atoms with Crippen molar-refractivity contribution in [2.75, 3.05) is 32.7 Å². The zero-order valence-electron chi connectivity index (χ0n) is 19.1. The number of hydrogen-bond acceptors (Lipinski definition) is 4. The Hall–Kier alpha value is -2.96. The van der Waals surface area contributed by atoms with Crippen LogP contribution in [-0.4, -0.2) is 63.3 Å². The van der Waals surface area contributed by atoms with Crippen LogP contribution in [-0.2, 0) is 12.8 Å². The van der Waals surface area contributed by atoms with Gasteiger partial charge in [-0.1, -0.05) is 55.0 Å². The molecule has 33 heavy (non-hydrogen) atoms. The molecule has 1 aromatic heterocycles. The van der Waals surface area contributed by atoms with Gasteiger partial charge in [0.2, 0.25) is 0 Å². The van der Waals surface area contributed by atoms with Crippen LogP contribution in [0.15, 0.2) is 60.7 Å². The first-order valence-corrected chi connectivity index (χ1v) is 12.1. The average molecular weight is 445 g/mol. The Kier molecular flexibility index (Phi) is 6.55. The summed E-state index contributed by atoms with van der Waals surface area (Å²) in [6.45, 7) is 3.43. The van der Waals surface area contributed by atoms with Crippen molar-refractivity contribution in [3.63, 3.8) is 0 Å². The summed E-state index contributed by atoms with van der Waals surface area (Å²) in [7, 11) is 0. The number of rotatable bonds is 5. The Bertz CT molecular complexity index is 1070. The third-order valence-electron chi connectivity index (χ3n) is 6.91. The molecule has 2 aromatic carbocycles. The second kappa shape index (κ2) is 9.89. The van der Waals surface area contributed by atoms with Gasteiger partial charge in [0.1, 0.15) is 0 Å². The number of aliphatic hydroxyl groups excluding tert-OH is 1. The van der Waals surface area contributed by atoms with Gasteiger partial charge in [-0.15, -0.1) is 0 Å². The van der Waals surface area contributed by atoms with E-state index in [9.17, 15) is 9.90 Å². The van der Waals surface area contributed by atoms with Crippen LogP contribution in [0, 0.1) is 0 Å². The largest absolute Gasteiger partial charge is 0.387 e. The first kappa shape index (κ1) is 21.9. The van der Waals surface area contributed by atoms with E-state index in [0.29, 0.717) is 25.3 Å². The number of aromatic nitrogens is 2. The maximum atomic E-state index is 13.6. The van der Waals surface area contributed by atoms with Crippen molar-refractivity contribution in [3.05, 3.63) is 83.2 Å². The molecule has 172 valence electrons. The minimum Gasteiger partial charge on any atom is -0.387 e. The molecule has 2 heterocycles. The molecule has 0 spiro atoms. The van der Waals surface area contributed by atoms with Gasteiger partial charge in [0.25, 0.3) is 5.91 Å². The second-order valence-electron chi connectivity index (χ2n) is 9.10. The number of carbonyl (C=O) groups excluding carboxylic acids is 1. The number of hydrogen-bond donors (Lipinski definition) is 1. The Morgan fingerprint density at radius 2 is 1.55 bits per heavy atom. The maximum absolute atomic E-state index is 13.6. The Morgan fingerprint density at radius 3 is 2.27 bits per heavy atom. The Labute approximate surface area is 195 Å². The standard InChI is InChI=1S/C27H32N4O2/c32-25(21-10-4-1-5-11-21)20-29-16-18-30(19-17-29)27(33)26-23-14-8-3-9-15-24(23)31(28-26)22-12-6-2-7-13-22/h1-2,4-7,10-13,25,32H,3,8-9,14-20H2. The fourth-order valence-electron chi connectivity index (χ4n) is 5.04. The summed E-state index contributed by atoms with van der Waals surface area (Å²) in [6.07, 6.45) is 4.83. The van der Waals surface area contributed by atoms with Gasteiger partial charge >= 0.3 is 0 Å². The second-order valence-corrected chi connectivity index (χ2v) is 9.10. The molecule has 6 nitrogen and oxygen atoms in total. The van der Waals surface area contributed by atoms with Gasteiger partial charge in [-0.05, 0) is 43.4 Å². The predicted octanol–water partition coefficient (Wildman–Crippen LogP) is 3.63. The highest BCUT2D eigenvalue weighted by Gasteiger charge is 2.30. The molecule has 0 bridgehead atoms. The van der Waals surface area contributed by atoms with Crippen molar-refractivity contribution in [3.8, 4) is 5.69 Å². The van der Waals surface area contributed by atoms with E-state index in [1.54, 1.807) is 0 Å². The van der Waals surface area contributed by atoms with E-state index >= 15 is 0 Å². The van der Waals surface area contributed by atoms with E-state index < -0.39 is 6.10 Å². The highest BCUT2D eigenvalue weighted by molar-refractivity contribution is 5.94. The van der Waals surface area contributed by atoms with Crippen LogP contribution in [0.1, 0.15) is 52.7 Å². The molecule has 6 heteroatoms. The van der Waals surface area contributed by atoms with E-state index in [1.807, 2.05) is 58.1 Å². The maximum Gasteiger partial charge on any atom is 0.274 e. The summed E-state index contributed by atoms with van der Waals surface area (Å²) in [5.41, 5.74) is 4.93. The molecule has 1 fully saturated rings. The number of β-amino-alcohol motifs (C(OH)–C–C–N with tert-alkyl or cyclic N) is 1. The van der Waals surface area contributed by atoms with Crippen molar-refractivity contribution >= 4 is 5.91 Å². The number of fused-ring (bicyclic) bond motifs is 1. The van der Waals surface area contributed by atoms with E-state index in [1.165, 1.54) is 12.1 Å². The summed E-state index contributed by atoms with van der Waals surface area (Å²) in [5, 5.41) is 15.4. The minimum absolute atomic E-state index is 0.0473. The van der Waals surface area contributed by atoms with Crippen molar-refractivity contribution in [1.82, 2.24) is 19.6 Å². The summed E-state index contributed by atoms with van der Waals surface area (Å²) < 4.78 is 2.00. The highest BCUT2D eigenvalue weighted by Crippen LogP contribution is 2.27. The van der Waals surface area contributed by atoms with Crippen LogP contribution >= 0.6 is 0 Å². The number of carbonyl (C=O) groups is 1. The Balaban J connectivity index is 1.30. The van der Waals surface area contributed by atoms with E-state index in [4.69, 9.17) is 5.10 Å². The lowest BCUT2D eigenvalue weighted by Crippen LogP contribution is -2.49. The fraction of sp³-hybridized carbons (Fsp3) is 0.407. The molecule has 1 aliphatic carbocycles. The monoisotopic (exact) mass is 444 g/mol. The van der Waals surface area contributed by atoms with Crippen molar-refractivity contribution in [2.45, 2.75) is 38.2 Å². The van der Waals surface area contributed by atoms with Crippen molar-refractivity contribution in [1.29, 1.82) is 0 Å². The quantitative estimate of drug-likeness (QED) is 0.611. The van der Waals surface area contributed by atoms with Gasteiger partial charge in [-0.3, -0.25) is 9.69 Å². The molecule has 1 aliphatic heterocycles. The first-order valence-electron chi connectivity index (χ1n) is 12.1. The van der Waals surface area contributed by atoms with Crippen LogP contribution in [0.5, 0.6) is 0 Å². The molecule has 3 aromatic rings. The lowest BCUT2D eigenvalue weighted by atomic mass is 10.1. The lowest BCUT2D eigenvalue weighted by molar-refractivity contribution is 0.0522. The highest BCUT2D eigenvalue weighted by atomic mass is 16.3. The van der Waals surface area contributed by atoms with Crippen LogP contribution in [0.2, 0.25) is 0 Å². The normalized spacial score (nSPS) is 17.9. The molecule has 1 N–H and O–H groups in total. The summed E-state index contributed by atoms with van der Waals surface area (Å²) in [5.74, 6) is 0.0473. The van der Waals surface area contributed by atoms with Gasteiger partial charge in [-0.2, -0.15) is 5.10 Å². The molecule has 1 saturated heterocycles. The number of nitrogens with zero attached hydrogens (tertiary/aromatic N) is 4. The first-order chi connectivity index (χ1) is 16.2. The van der Waals surface area contributed by atoms with Gasteiger partial charge in [0.05, 0.1) is 11.8 Å². The summed E-state index contributed by atoms with van der Waals surface area (Å²) >= 11 is 0. The number of benzene rings is 2. The number of para-hydroxylation sites is 1. The smallest absolute Gasteiger partial charge is 0.274 e. The molecular weight excluding hydrogens is 412 g/mol. The number of piperazine rings is 1. The fourth-order valence-corrected chi connectivity index (χ4v) is 5.04. The van der Waals surface area contributed by atoms with E-state index in [0.717, 1.165) is 55.6 Å². The molecule has 2 aliphatic rings. The molecule has 5 rings (SSSR count). The van der Waals surface area contributed by atoms with Crippen molar-refractivity contribution < 1.29 is 9.90 Å². The topological polar surface area (TPSA) is 61.6 Å². The van der Waals surface area contributed by atoms with Crippen LogP contribution in [0.3, 0.4) is 0 Å². The molecule has 1 atom stereocenters. The van der Waals surface area contributed by atoms with Crippen LogP contribution in [0.25, 0.3) is 5.69 Å². The van der Waals surface area contributed by atoms with E-state index in [-0.39, 0.29) is 5.91 Å². The summed E-state index contributed by atoms with van der Waals surface area (Å²) in [6, 6.07) is 19.9. The molecular formula is C27H32N4O2. The van der Waals surface area contributed by atoms with Gasteiger partial charge in [0.15, 0.2) is 5.69 Å². The van der Waals surface area contributed by atoms with Gasteiger partial charge in [-0.25, -0.2) is 4.68 Å². The van der Waals surface area contributed by atoms with E-state index in [2.05, 4.69) is 17.0 Å². The molecule has 0 radical (unpaired) electrons. The third kappa shape index (κ3) is 4.72. The molecule has 0 saturated carbocycles. The van der Waals surface area contributed by atoms with Crippen LogP contribution in [0.4, 0.5) is 0 Å². The number of amides is 1. The third-order valence-corrected chi connectivity index (χ3v) is 6.91. The molecule has 1 amide bonds. The lowest BCUT2D eigenvalue weighted by Gasteiger charge is -2.35. The number of aliphatic hydroxyl groups is 1. The van der Waals surface area contributed by atoms with Gasteiger partial charge in [0, 0.05) is 44.0 Å². The van der Waals surface area contributed by atoms with Crippen molar-refractivity contribution in [2.24, 2.45) is 0 Å².